The van der Waals surface area contributed by atoms with Crippen LogP contribution in [0.3, 0.4) is 0 Å². The van der Waals surface area contributed by atoms with Gasteiger partial charge in [-0.3, -0.25) is 4.79 Å². The summed E-state index contributed by atoms with van der Waals surface area (Å²) in [4.78, 5) is 12.2. The third-order valence-corrected chi connectivity index (χ3v) is 4.13. The van der Waals surface area contributed by atoms with Gasteiger partial charge in [0.05, 0.1) is 19.8 Å². The van der Waals surface area contributed by atoms with Crippen LogP contribution in [0.15, 0.2) is 18.2 Å². The fraction of sp³-hybridized carbons (Fsp3) is 0.500. The van der Waals surface area contributed by atoms with Crippen molar-refractivity contribution < 1.29 is 14.3 Å². The molecule has 5 heteroatoms. The predicted octanol–water partition coefficient (Wildman–Crippen LogP) is 2.85. The summed E-state index contributed by atoms with van der Waals surface area (Å²) in [6, 6.07) is 5.24. The Morgan fingerprint density at radius 3 is 2.53 bits per heavy atom. The van der Waals surface area contributed by atoms with Gasteiger partial charge in [-0.25, -0.2) is 0 Å². The molecule has 0 aromatic heterocycles. The second-order valence-corrected chi connectivity index (χ2v) is 5.11. The molecule has 0 fully saturated rings. The van der Waals surface area contributed by atoms with E-state index in [2.05, 4.69) is 28.2 Å². The smallest absolute Gasteiger partial charge is 0.255 e. The van der Waals surface area contributed by atoms with Crippen LogP contribution in [0, 0.1) is 5.92 Å². The summed E-state index contributed by atoms with van der Waals surface area (Å²) in [5.74, 6) is 1.39. The quantitative estimate of drug-likeness (QED) is 0.816. The van der Waals surface area contributed by atoms with Crippen LogP contribution in [0.4, 0.5) is 0 Å². The molecule has 1 aromatic carbocycles. The highest BCUT2D eigenvalue weighted by Gasteiger charge is 2.18. The number of nitrogens with one attached hydrogen (secondary N) is 1. The minimum atomic E-state index is -0.139. The number of ether oxygens (including phenoxy) is 2. The lowest BCUT2D eigenvalue weighted by Crippen LogP contribution is -2.37. The standard InChI is InChI=1S/C14H20BrNO3/c1-9(8-15)10(2)16-14(17)12-6-5-11(18-3)7-13(12)19-4/h5-7,9-10H,8H2,1-4H3,(H,16,17). The molecule has 106 valence electrons. The zero-order valence-corrected chi connectivity index (χ0v) is 13.3. The molecule has 0 bridgehead atoms. The van der Waals surface area contributed by atoms with Crippen molar-refractivity contribution >= 4 is 21.8 Å². The summed E-state index contributed by atoms with van der Waals surface area (Å²) in [7, 11) is 3.12. The van der Waals surface area contributed by atoms with Gasteiger partial charge in [0.1, 0.15) is 11.5 Å². The largest absolute Gasteiger partial charge is 0.497 e. The fourth-order valence-electron chi connectivity index (χ4n) is 1.55. The summed E-state index contributed by atoms with van der Waals surface area (Å²) >= 11 is 3.42. The molecule has 4 nitrogen and oxygen atoms in total. The Bertz CT molecular complexity index is 437. The van der Waals surface area contributed by atoms with Crippen LogP contribution in [-0.4, -0.2) is 31.5 Å². The first-order chi connectivity index (χ1) is 9.03. The number of rotatable bonds is 6. The molecule has 1 N–H and O–H groups in total. The topological polar surface area (TPSA) is 47.6 Å². The Hall–Kier alpha value is -1.23. The Morgan fingerprint density at radius 1 is 1.32 bits per heavy atom. The maximum atomic E-state index is 12.2. The molecule has 0 aliphatic rings. The molecule has 1 aromatic rings. The zero-order valence-electron chi connectivity index (χ0n) is 11.7. The van der Waals surface area contributed by atoms with Gasteiger partial charge in [-0.1, -0.05) is 22.9 Å². The van der Waals surface area contributed by atoms with Gasteiger partial charge in [0, 0.05) is 17.4 Å². The Labute approximate surface area is 122 Å². The normalized spacial score (nSPS) is 13.5. The van der Waals surface area contributed by atoms with Gasteiger partial charge in [0.25, 0.3) is 5.91 Å². The second-order valence-electron chi connectivity index (χ2n) is 4.46. The van der Waals surface area contributed by atoms with Crippen LogP contribution < -0.4 is 14.8 Å². The number of carbonyl (C=O) groups is 1. The average molecular weight is 330 g/mol. The summed E-state index contributed by atoms with van der Waals surface area (Å²) in [6.45, 7) is 4.06. The molecule has 1 amide bonds. The third kappa shape index (κ3) is 4.13. The number of halogens is 1. The molecule has 2 atom stereocenters. The van der Waals surface area contributed by atoms with Crippen molar-refractivity contribution in [3.63, 3.8) is 0 Å². The van der Waals surface area contributed by atoms with E-state index in [1.807, 2.05) is 6.92 Å². The van der Waals surface area contributed by atoms with Crippen LogP contribution in [-0.2, 0) is 0 Å². The minimum Gasteiger partial charge on any atom is -0.497 e. The van der Waals surface area contributed by atoms with E-state index in [-0.39, 0.29) is 11.9 Å². The van der Waals surface area contributed by atoms with Crippen LogP contribution in [0.5, 0.6) is 11.5 Å². The van der Waals surface area contributed by atoms with Crippen LogP contribution in [0.2, 0.25) is 0 Å². The second kappa shape index (κ2) is 7.38. The van der Waals surface area contributed by atoms with Gasteiger partial charge in [-0.15, -0.1) is 0 Å². The van der Waals surface area contributed by atoms with Gasteiger partial charge >= 0.3 is 0 Å². The van der Waals surface area contributed by atoms with Crippen molar-refractivity contribution in [2.24, 2.45) is 5.92 Å². The minimum absolute atomic E-state index is 0.0821. The highest BCUT2D eigenvalue weighted by Crippen LogP contribution is 2.24. The van der Waals surface area contributed by atoms with Gasteiger partial charge in [-0.05, 0) is 25.0 Å². The number of benzene rings is 1. The molecule has 0 radical (unpaired) electrons. The van der Waals surface area contributed by atoms with Gasteiger partial charge < -0.3 is 14.8 Å². The van der Waals surface area contributed by atoms with Gasteiger partial charge in [0.15, 0.2) is 0 Å². The van der Waals surface area contributed by atoms with E-state index in [1.54, 1.807) is 25.3 Å². The number of amides is 1. The Morgan fingerprint density at radius 2 is 2.00 bits per heavy atom. The maximum absolute atomic E-state index is 12.2. The maximum Gasteiger partial charge on any atom is 0.255 e. The lowest BCUT2D eigenvalue weighted by Gasteiger charge is -2.20. The lowest BCUT2D eigenvalue weighted by molar-refractivity contribution is 0.0928. The third-order valence-electron chi connectivity index (χ3n) is 3.11. The first-order valence-electron chi connectivity index (χ1n) is 6.12. The van der Waals surface area contributed by atoms with E-state index in [0.29, 0.717) is 23.0 Å². The molecule has 0 heterocycles. The molecule has 2 unspecified atom stereocenters. The first-order valence-corrected chi connectivity index (χ1v) is 7.24. The van der Waals surface area contributed by atoms with E-state index in [1.165, 1.54) is 7.11 Å². The highest BCUT2D eigenvalue weighted by molar-refractivity contribution is 9.09. The number of carbonyl (C=O) groups excluding carboxylic acids is 1. The lowest BCUT2D eigenvalue weighted by atomic mass is 10.1. The zero-order chi connectivity index (χ0) is 14.4. The number of hydrogen-bond donors (Lipinski definition) is 1. The van der Waals surface area contributed by atoms with Crippen LogP contribution >= 0.6 is 15.9 Å². The summed E-state index contributed by atoms with van der Waals surface area (Å²) in [6.07, 6.45) is 0. The van der Waals surface area contributed by atoms with E-state index < -0.39 is 0 Å². The summed E-state index contributed by atoms with van der Waals surface area (Å²) < 4.78 is 10.3. The molecule has 0 saturated heterocycles. The molecule has 19 heavy (non-hydrogen) atoms. The number of methoxy groups -OCH3 is 2. The van der Waals surface area contributed by atoms with Crippen LogP contribution in [0.1, 0.15) is 24.2 Å². The van der Waals surface area contributed by atoms with Crippen molar-refractivity contribution in [1.82, 2.24) is 5.32 Å². The van der Waals surface area contributed by atoms with Crippen molar-refractivity contribution in [1.29, 1.82) is 0 Å². The van der Waals surface area contributed by atoms with Gasteiger partial charge in [0.2, 0.25) is 0 Å². The van der Waals surface area contributed by atoms with E-state index >= 15 is 0 Å². The molecular formula is C14H20BrNO3. The molecule has 0 spiro atoms. The Balaban J connectivity index is 2.87. The summed E-state index contributed by atoms with van der Waals surface area (Å²) in [5, 5.41) is 3.81. The molecule has 0 saturated carbocycles. The van der Waals surface area contributed by atoms with Crippen molar-refractivity contribution in [2.45, 2.75) is 19.9 Å². The van der Waals surface area contributed by atoms with E-state index in [9.17, 15) is 4.79 Å². The SMILES string of the molecule is COc1ccc(C(=O)NC(C)C(C)CBr)c(OC)c1. The van der Waals surface area contributed by atoms with Crippen molar-refractivity contribution in [2.75, 3.05) is 19.5 Å². The fourth-order valence-corrected chi connectivity index (χ4v) is 2.11. The monoisotopic (exact) mass is 329 g/mol. The predicted molar refractivity (Wildman–Crippen MR) is 79.4 cm³/mol. The molecule has 0 aliphatic heterocycles. The molecule has 1 rings (SSSR count). The number of hydrogen-bond acceptors (Lipinski definition) is 3. The average Bonchev–Trinajstić information content (AvgIpc) is 2.45. The van der Waals surface area contributed by atoms with Crippen molar-refractivity contribution in [3.8, 4) is 11.5 Å². The van der Waals surface area contributed by atoms with Crippen molar-refractivity contribution in [3.05, 3.63) is 23.8 Å². The molecule has 0 aliphatic carbocycles. The van der Waals surface area contributed by atoms with E-state index in [0.717, 1.165) is 5.33 Å². The summed E-state index contributed by atoms with van der Waals surface area (Å²) in [5.41, 5.74) is 0.511. The van der Waals surface area contributed by atoms with E-state index in [4.69, 9.17) is 9.47 Å². The number of alkyl halides is 1. The van der Waals surface area contributed by atoms with Gasteiger partial charge in [-0.2, -0.15) is 0 Å². The highest BCUT2D eigenvalue weighted by atomic mass is 79.9. The first kappa shape index (κ1) is 15.8. The Kier molecular flexibility index (Phi) is 6.15. The molecular weight excluding hydrogens is 310 g/mol. The van der Waals surface area contributed by atoms with Crippen LogP contribution in [0.25, 0.3) is 0 Å².